The van der Waals surface area contributed by atoms with E-state index in [2.05, 4.69) is 61.6 Å². The summed E-state index contributed by atoms with van der Waals surface area (Å²) in [5.41, 5.74) is 7.66. The summed E-state index contributed by atoms with van der Waals surface area (Å²) in [7, 11) is 2.13. The number of hydrogen-bond acceptors (Lipinski definition) is 3. The minimum atomic E-state index is -0.816. The van der Waals surface area contributed by atoms with E-state index in [1.54, 1.807) is 0 Å². The number of carboxylic acid groups (broad SMARTS) is 1. The molecule has 2 atom stereocenters. The molecule has 0 amide bonds. The molecule has 0 saturated heterocycles. The predicted molar refractivity (Wildman–Crippen MR) is 135 cm³/mol. The van der Waals surface area contributed by atoms with Gasteiger partial charge in [0.05, 0.1) is 18.2 Å². The number of likely N-dealkylation sites (N-methyl/N-ethyl adjacent to an activating group) is 1. The van der Waals surface area contributed by atoms with E-state index in [1.165, 1.54) is 11.1 Å². The number of fused-ring (bicyclic) bond motifs is 6. The number of nitrogens with zero attached hydrogens (tertiary/aromatic N) is 1. The molecule has 2 bridgehead atoms. The highest BCUT2D eigenvalue weighted by atomic mass is 35.5. The van der Waals surface area contributed by atoms with Gasteiger partial charge in [0, 0.05) is 24.3 Å². The Morgan fingerprint density at radius 2 is 1.79 bits per heavy atom. The second-order valence-corrected chi connectivity index (χ2v) is 9.35. The van der Waals surface area contributed by atoms with Crippen LogP contribution >= 0.6 is 11.6 Å². The Labute approximate surface area is 201 Å². The molecule has 0 radical (unpaired) electrons. The van der Waals surface area contributed by atoms with Crippen LogP contribution in [0.2, 0.25) is 5.02 Å². The molecule has 3 heterocycles. The topological polar surface area (TPSA) is 52.6 Å². The molecule has 2 aromatic rings. The number of hydrogen-bond donors (Lipinski definition) is 2. The first-order chi connectivity index (χ1) is 15.9. The van der Waals surface area contributed by atoms with E-state index in [0.717, 1.165) is 47.2 Å². The van der Waals surface area contributed by atoms with E-state index >= 15 is 0 Å². The molecular weight excluding hydrogens is 432 g/mol. The molecule has 0 aromatic heterocycles. The quantitative estimate of drug-likeness (QED) is 0.527. The molecule has 5 rings (SSSR count). The fourth-order valence-corrected chi connectivity index (χ4v) is 5.27. The van der Waals surface area contributed by atoms with Crippen molar-refractivity contribution in [2.45, 2.75) is 51.6 Å². The summed E-state index contributed by atoms with van der Waals surface area (Å²) in [4.78, 5) is 14.4. The van der Waals surface area contributed by atoms with Crippen LogP contribution in [0, 0.1) is 0 Å². The summed E-state index contributed by atoms with van der Waals surface area (Å²) in [6, 6.07) is 18.8. The largest absolute Gasteiger partial charge is 0.481 e. The van der Waals surface area contributed by atoms with Crippen LogP contribution in [0.4, 0.5) is 0 Å². The molecule has 5 heteroatoms. The number of allylic oxidation sites excluding steroid dienone is 2. The summed E-state index contributed by atoms with van der Waals surface area (Å²) in [5.74, 6) is -0.816. The highest BCUT2D eigenvalue weighted by molar-refractivity contribution is 6.30. The Bertz CT molecular complexity index is 1120. The highest BCUT2D eigenvalue weighted by Gasteiger charge is 2.32. The molecule has 3 aliphatic rings. The van der Waals surface area contributed by atoms with Gasteiger partial charge in [-0.05, 0) is 66.2 Å². The number of halogens is 1. The lowest BCUT2D eigenvalue weighted by atomic mass is 9.80. The van der Waals surface area contributed by atoms with Crippen molar-refractivity contribution < 1.29 is 9.90 Å². The molecule has 3 aliphatic heterocycles. The van der Waals surface area contributed by atoms with Crippen molar-refractivity contribution in [3.05, 3.63) is 99.4 Å². The van der Waals surface area contributed by atoms with E-state index < -0.39 is 5.97 Å². The summed E-state index contributed by atoms with van der Waals surface area (Å²) in [5, 5.41) is 14.2. The van der Waals surface area contributed by atoms with Crippen molar-refractivity contribution >= 4 is 23.1 Å². The molecule has 2 aromatic carbocycles. The molecule has 2 unspecified atom stereocenters. The zero-order chi connectivity index (χ0) is 23.5. The summed E-state index contributed by atoms with van der Waals surface area (Å²) in [6.45, 7) is 4.29. The van der Waals surface area contributed by atoms with Gasteiger partial charge in [-0.2, -0.15) is 0 Å². The van der Waals surface area contributed by atoms with Gasteiger partial charge in [0.2, 0.25) is 0 Å². The van der Waals surface area contributed by atoms with Crippen LogP contribution < -0.4 is 5.32 Å². The molecule has 33 heavy (non-hydrogen) atoms. The normalized spacial score (nSPS) is 24.8. The van der Waals surface area contributed by atoms with Gasteiger partial charge in [0.15, 0.2) is 0 Å². The Balaban J connectivity index is 2.04. The molecule has 0 saturated carbocycles. The predicted octanol–water partition coefficient (Wildman–Crippen LogP) is 6.57. The second kappa shape index (κ2) is 9.88. The van der Waals surface area contributed by atoms with Crippen LogP contribution in [0.1, 0.15) is 56.7 Å². The monoisotopic (exact) mass is 462 g/mol. The summed E-state index contributed by atoms with van der Waals surface area (Å²) in [6.07, 6.45) is 4.47. The molecule has 0 fully saturated rings. The number of carboxylic acids is 1. The van der Waals surface area contributed by atoms with Crippen LogP contribution in [0.25, 0.3) is 5.57 Å². The zero-order valence-electron chi connectivity index (χ0n) is 19.4. The third-order valence-electron chi connectivity index (χ3n) is 6.67. The lowest BCUT2D eigenvalue weighted by molar-refractivity contribution is -0.136. The number of benzene rings is 2. The zero-order valence-corrected chi connectivity index (χ0v) is 20.2. The van der Waals surface area contributed by atoms with E-state index in [9.17, 15) is 9.90 Å². The standard InChI is InChI=1S/C28H31ClN2O2/c1-4-23-24(16-27(32)33)28(20-10-12-22(29)13-11-20)21-14-18(2)30-17-26(23)31(3)25(15-21)19-8-6-5-7-9-19/h5-13,17-18,25,30H,4,14-16H2,1-3H3,(H,32,33)/b24-23-,26-17-,28-21?. The van der Waals surface area contributed by atoms with E-state index in [1.807, 2.05) is 30.3 Å². The third-order valence-corrected chi connectivity index (χ3v) is 6.92. The maximum Gasteiger partial charge on any atom is 0.307 e. The first-order valence-corrected chi connectivity index (χ1v) is 11.9. The minimum absolute atomic E-state index is 0.0137. The SMILES string of the molecule is CCC1=C(\CC(=O)O)C(c2ccc(Cl)cc2)=C2CC(C)N\C=C\1N(C)C(c1ccccc1)C2. The highest BCUT2D eigenvalue weighted by Crippen LogP contribution is 2.45. The van der Waals surface area contributed by atoms with Crippen LogP contribution in [0.3, 0.4) is 0 Å². The van der Waals surface area contributed by atoms with E-state index in [-0.39, 0.29) is 18.5 Å². The lowest BCUT2D eigenvalue weighted by Crippen LogP contribution is -2.28. The molecule has 172 valence electrons. The van der Waals surface area contributed by atoms with Gasteiger partial charge in [-0.15, -0.1) is 0 Å². The number of aliphatic carboxylic acids is 1. The third kappa shape index (κ3) is 4.86. The fraction of sp³-hybridized carbons (Fsp3) is 0.321. The van der Waals surface area contributed by atoms with Gasteiger partial charge in [-0.1, -0.05) is 66.6 Å². The molecule has 2 N–H and O–H groups in total. The van der Waals surface area contributed by atoms with Crippen molar-refractivity contribution in [3.63, 3.8) is 0 Å². The number of rotatable bonds is 5. The maximum absolute atomic E-state index is 12.1. The summed E-state index contributed by atoms with van der Waals surface area (Å²) >= 11 is 6.21. The van der Waals surface area contributed by atoms with Gasteiger partial charge in [0.25, 0.3) is 0 Å². The minimum Gasteiger partial charge on any atom is -0.481 e. The van der Waals surface area contributed by atoms with E-state index in [0.29, 0.717) is 5.02 Å². The Morgan fingerprint density at radius 1 is 1.09 bits per heavy atom. The van der Waals surface area contributed by atoms with Crippen LogP contribution in [0.15, 0.2) is 83.2 Å². The van der Waals surface area contributed by atoms with E-state index in [4.69, 9.17) is 11.6 Å². The van der Waals surface area contributed by atoms with Crippen molar-refractivity contribution in [1.29, 1.82) is 0 Å². The Hall–Kier alpha value is -2.98. The fourth-order valence-electron chi connectivity index (χ4n) is 5.15. The number of carbonyl (C=O) groups is 1. The van der Waals surface area contributed by atoms with Crippen molar-refractivity contribution in [2.75, 3.05) is 7.05 Å². The average Bonchev–Trinajstić information content (AvgIpc) is 2.89. The Morgan fingerprint density at radius 3 is 2.42 bits per heavy atom. The first kappa shape index (κ1) is 23.2. The van der Waals surface area contributed by atoms with Gasteiger partial charge in [-0.3, -0.25) is 4.79 Å². The lowest BCUT2D eigenvalue weighted by Gasteiger charge is -2.37. The van der Waals surface area contributed by atoms with Gasteiger partial charge < -0.3 is 15.3 Å². The smallest absolute Gasteiger partial charge is 0.307 e. The van der Waals surface area contributed by atoms with Crippen LogP contribution in [0.5, 0.6) is 0 Å². The van der Waals surface area contributed by atoms with Crippen LogP contribution in [-0.4, -0.2) is 29.1 Å². The molecular formula is C28H31ClN2O2. The molecule has 4 nitrogen and oxygen atoms in total. The molecule has 0 aliphatic carbocycles. The summed E-state index contributed by atoms with van der Waals surface area (Å²) < 4.78 is 0. The van der Waals surface area contributed by atoms with Gasteiger partial charge >= 0.3 is 5.97 Å². The Kier molecular flexibility index (Phi) is 6.94. The van der Waals surface area contributed by atoms with Crippen LogP contribution in [-0.2, 0) is 4.79 Å². The maximum atomic E-state index is 12.1. The average molecular weight is 463 g/mol. The second-order valence-electron chi connectivity index (χ2n) is 8.91. The van der Waals surface area contributed by atoms with Crippen molar-refractivity contribution in [2.24, 2.45) is 0 Å². The first-order valence-electron chi connectivity index (χ1n) is 11.6. The molecule has 0 spiro atoms. The van der Waals surface area contributed by atoms with Crippen molar-refractivity contribution in [1.82, 2.24) is 10.2 Å². The number of nitrogens with one attached hydrogen (secondary N) is 1. The van der Waals surface area contributed by atoms with Gasteiger partial charge in [0.1, 0.15) is 0 Å². The van der Waals surface area contributed by atoms with Crippen molar-refractivity contribution in [3.8, 4) is 0 Å². The van der Waals surface area contributed by atoms with Gasteiger partial charge in [-0.25, -0.2) is 0 Å².